The number of rotatable bonds is 7. The monoisotopic (exact) mass is 634 g/mol. The Morgan fingerprint density at radius 1 is 0.826 bits per heavy atom. The summed E-state index contributed by atoms with van der Waals surface area (Å²) in [6.07, 6.45) is 6.87. The average Bonchev–Trinajstić information content (AvgIpc) is 2.93. The van der Waals surface area contributed by atoms with Crippen molar-refractivity contribution in [3.63, 3.8) is 0 Å². The molecule has 2 bridgehead atoms. The van der Waals surface area contributed by atoms with Gasteiger partial charge in [0.05, 0.1) is 23.9 Å². The van der Waals surface area contributed by atoms with Gasteiger partial charge in [0.15, 0.2) is 11.3 Å². The molecular formula is C32H44F2N12. The van der Waals surface area contributed by atoms with Crippen LogP contribution >= 0.6 is 0 Å². The Morgan fingerprint density at radius 3 is 1.93 bits per heavy atom. The molecule has 3 fully saturated rings. The van der Waals surface area contributed by atoms with Gasteiger partial charge in [0.1, 0.15) is 11.6 Å². The lowest BCUT2D eigenvalue weighted by Gasteiger charge is -2.40. The number of piperidine rings is 2. The molecule has 2 atom stereocenters. The summed E-state index contributed by atoms with van der Waals surface area (Å²) in [4.78, 5) is 28.4. The van der Waals surface area contributed by atoms with E-state index >= 15 is 0 Å². The van der Waals surface area contributed by atoms with Crippen LogP contribution in [0.25, 0.3) is 22.1 Å². The number of nitrogens with two attached hydrogens (primary N) is 2. The Balaban J connectivity index is 0.000000162. The molecule has 7 heterocycles. The normalized spacial score (nSPS) is 22.2. The van der Waals surface area contributed by atoms with Gasteiger partial charge in [-0.2, -0.15) is 19.9 Å². The average molecular weight is 635 g/mol. The number of hydrogen-bond donors (Lipinski definition) is 5. The molecule has 0 radical (unpaired) electrons. The third-order valence-corrected chi connectivity index (χ3v) is 8.93. The van der Waals surface area contributed by atoms with Crippen LogP contribution in [-0.2, 0) is 0 Å². The fourth-order valence-corrected chi connectivity index (χ4v) is 7.00. The van der Waals surface area contributed by atoms with Gasteiger partial charge >= 0.3 is 0 Å². The molecule has 4 aromatic heterocycles. The number of likely N-dealkylation sites (tertiary alicyclic amines) is 1. The van der Waals surface area contributed by atoms with Crippen LogP contribution < -0.4 is 27.4 Å². The summed E-state index contributed by atoms with van der Waals surface area (Å²) in [7, 11) is 0. The highest BCUT2D eigenvalue weighted by Crippen LogP contribution is 2.29. The van der Waals surface area contributed by atoms with Crippen LogP contribution in [0.3, 0.4) is 0 Å². The van der Waals surface area contributed by atoms with Crippen molar-refractivity contribution in [1.29, 1.82) is 0 Å². The number of aromatic nitrogens is 6. The van der Waals surface area contributed by atoms with E-state index in [0.29, 0.717) is 66.0 Å². The fourth-order valence-electron chi connectivity index (χ4n) is 7.00. The summed E-state index contributed by atoms with van der Waals surface area (Å²) in [5, 5.41) is 11.9. The quantitative estimate of drug-likeness (QED) is 0.183. The van der Waals surface area contributed by atoms with E-state index in [-0.39, 0.29) is 13.1 Å². The molecule has 0 amide bonds. The lowest BCUT2D eigenvalue weighted by molar-refractivity contribution is -0.130. The van der Waals surface area contributed by atoms with E-state index in [4.69, 9.17) is 11.5 Å². The van der Waals surface area contributed by atoms with E-state index in [2.05, 4.69) is 45.9 Å². The number of nitrogens with zero attached hydrogens (tertiary/aromatic N) is 7. The number of anilines is 4. The smallest absolute Gasteiger partial charge is 0.272 e. The van der Waals surface area contributed by atoms with E-state index in [1.807, 2.05) is 39.8 Å². The van der Waals surface area contributed by atoms with Gasteiger partial charge in [0.25, 0.3) is 5.92 Å². The van der Waals surface area contributed by atoms with Crippen LogP contribution in [0.2, 0.25) is 0 Å². The molecule has 7 N–H and O–H groups in total. The zero-order valence-electron chi connectivity index (χ0n) is 27.0. The van der Waals surface area contributed by atoms with Crippen LogP contribution in [-0.4, -0.2) is 85.0 Å². The Hall–Kier alpha value is -4.04. The zero-order chi connectivity index (χ0) is 32.6. The number of fused-ring (bicyclic) bond motifs is 4. The largest absolute Gasteiger partial charge is 0.383 e. The summed E-state index contributed by atoms with van der Waals surface area (Å²) in [6, 6.07) is 5.62. The molecule has 12 nitrogen and oxygen atoms in total. The van der Waals surface area contributed by atoms with Crippen LogP contribution in [0.15, 0.2) is 12.1 Å². The van der Waals surface area contributed by atoms with Crippen molar-refractivity contribution in [3.8, 4) is 0 Å². The molecule has 14 heteroatoms. The van der Waals surface area contributed by atoms with Crippen molar-refractivity contribution in [1.82, 2.24) is 40.1 Å². The third kappa shape index (κ3) is 7.33. The van der Waals surface area contributed by atoms with Crippen molar-refractivity contribution < 1.29 is 8.78 Å². The predicted octanol–water partition coefficient (Wildman–Crippen LogP) is 4.29. The number of aryl methyl sites for hydroxylation is 4. The van der Waals surface area contributed by atoms with Gasteiger partial charge in [-0.3, -0.25) is 4.90 Å². The maximum absolute atomic E-state index is 12.7. The first-order chi connectivity index (χ1) is 21.9. The molecule has 4 aromatic rings. The number of pyridine rings is 2. The highest BCUT2D eigenvalue weighted by atomic mass is 19.3. The summed E-state index contributed by atoms with van der Waals surface area (Å²) >= 11 is 0. The Morgan fingerprint density at radius 2 is 1.37 bits per heavy atom. The van der Waals surface area contributed by atoms with Gasteiger partial charge in [-0.25, -0.2) is 18.7 Å². The van der Waals surface area contributed by atoms with E-state index in [1.165, 1.54) is 19.3 Å². The van der Waals surface area contributed by atoms with Crippen LogP contribution in [0.5, 0.6) is 0 Å². The maximum atomic E-state index is 12.7. The predicted molar refractivity (Wildman–Crippen MR) is 178 cm³/mol. The molecule has 0 saturated carbocycles. The minimum atomic E-state index is -2.51. The van der Waals surface area contributed by atoms with Crippen molar-refractivity contribution in [2.75, 3.05) is 48.3 Å². The number of nitrogens with one attached hydrogen (secondary N) is 3. The Bertz CT molecular complexity index is 1710. The van der Waals surface area contributed by atoms with Crippen molar-refractivity contribution in [2.24, 2.45) is 0 Å². The fraction of sp³-hybridized carbons (Fsp3) is 0.562. The number of hydrogen-bond acceptors (Lipinski definition) is 12. The molecule has 7 rings (SSSR count). The standard InChI is InChI=1S/C17H24N6.C15H20F2N6/c1-9-6-10(2)19-16-14(9)15(18)22-17(23-16)21-13-7-11-4-3-5-12(8-13)20-11;1-9-6-10(2)20-13-11(9)12(18)21-14(22-13)19-4-3-5-23-7-15(16,17)8-23/h6,11-13,20H,3-5,7-8H2,1-2H3,(H3,18,19,21,22,23);6H,3-5,7-8H2,1-2H3,(H3,18,19,20,21,22). The van der Waals surface area contributed by atoms with Gasteiger partial charge in [-0.05, 0) is 83.1 Å². The van der Waals surface area contributed by atoms with Gasteiger partial charge in [-0.1, -0.05) is 6.42 Å². The lowest BCUT2D eigenvalue weighted by Crippen LogP contribution is -2.56. The van der Waals surface area contributed by atoms with Crippen LogP contribution in [0.4, 0.5) is 32.3 Å². The zero-order valence-corrected chi connectivity index (χ0v) is 27.0. The second-order valence-electron chi connectivity index (χ2n) is 13.1. The summed E-state index contributed by atoms with van der Waals surface area (Å²) in [6.45, 7) is 8.79. The third-order valence-electron chi connectivity index (χ3n) is 8.93. The van der Waals surface area contributed by atoms with Gasteiger partial charge in [0, 0.05) is 42.6 Å². The van der Waals surface area contributed by atoms with Crippen molar-refractivity contribution in [2.45, 2.75) is 90.3 Å². The topological polar surface area (TPSA) is 169 Å². The first kappa shape index (κ1) is 31.9. The van der Waals surface area contributed by atoms with E-state index in [1.54, 1.807) is 4.90 Å². The number of nitrogen functional groups attached to an aromatic ring is 2. The number of halogens is 2. The summed E-state index contributed by atoms with van der Waals surface area (Å²) < 4.78 is 25.4. The van der Waals surface area contributed by atoms with E-state index in [9.17, 15) is 8.78 Å². The summed E-state index contributed by atoms with van der Waals surface area (Å²) in [5.41, 5.74) is 17.3. The number of alkyl halides is 2. The molecule has 246 valence electrons. The molecule has 2 unspecified atom stereocenters. The SMILES string of the molecule is Cc1cc(C)c2c(N)nc(NC3CC4CCCC(C3)N4)nc2n1.Cc1cc(C)c2c(N)nc(NCCCN3CC(F)(F)C3)nc2n1. The second-order valence-corrected chi connectivity index (χ2v) is 13.1. The molecule has 0 aromatic carbocycles. The first-order valence-corrected chi connectivity index (χ1v) is 16.1. The van der Waals surface area contributed by atoms with Gasteiger partial charge in [0.2, 0.25) is 11.9 Å². The maximum Gasteiger partial charge on any atom is 0.272 e. The van der Waals surface area contributed by atoms with E-state index < -0.39 is 5.92 Å². The van der Waals surface area contributed by atoms with Gasteiger partial charge < -0.3 is 27.4 Å². The lowest BCUT2D eigenvalue weighted by atomic mass is 9.84. The molecule has 3 saturated heterocycles. The highest BCUT2D eigenvalue weighted by molar-refractivity contribution is 5.90. The van der Waals surface area contributed by atoms with Crippen LogP contribution in [0, 0.1) is 27.7 Å². The molecule has 3 aliphatic rings. The molecule has 0 aliphatic carbocycles. The first-order valence-electron chi connectivity index (χ1n) is 16.1. The van der Waals surface area contributed by atoms with Crippen molar-refractivity contribution in [3.05, 3.63) is 34.6 Å². The van der Waals surface area contributed by atoms with E-state index in [0.717, 1.165) is 52.5 Å². The minimum Gasteiger partial charge on any atom is -0.383 e. The highest BCUT2D eigenvalue weighted by Gasteiger charge is 2.43. The Labute approximate surface area is 267 Å². The van der Waals surface area contributed by atoms with Crippen molar-refractivity contribution >= 4 is 45.6 Å². The molecule has 0 spiro atoms. The van der Waals surface area contributed by atoms with Gasteiger partial charge in [-0.15, -0.1) is 0 Å². The Kier molecular flexibility index (Phi) is 9.01. The molecule has 3 aliphatic heterocycles. The summed E-state index contributed by atoms with van der Waals surface area (Å²) in [5.74, 6) is -0.578. The minimum absolute atomic E-state index is 0.144. The van der Waals surface area contributed by atoms with Crippen LogP contribution in [0.1, 0.15) is 61.0 Å². The molecule has 46 heavy (non-hydrogen) atoms. The molecular weight excluding hydrogens is 590 g/mol. The second kappa shape index (κ2) is 13.0.